The molecule has 0 atom stereocenters. The summed E-state index contributed by atoms with van der Waals surface area (Å²) in [4.78, 5) is 2.16. The molecule has 0 amide bonds. The smallest absolute Gasteiger partial charge is 0.161 e. The van der Waals surface area contributed by atoms with Crippen molar-refractivity contribution in [2.45, 2.75) is 17.1 Å². The summed E-state index contributed by atoms with van der Waals surface area (Å²) in [5.41, 5.74) is 0.443. The van der Waals surface area contributed by atoms with Crippen molar-refractivity contribution >= 4 is 51.4 Å². The Kier molecular flexibility index (Phi) is 4.03. The average molecular weight is 290 g/mol. The third-order valence-electron chi connectivity index (χ3n) is 2.28. The molecule has 2 rings (SSSR count). The highest BCUT2D eigenvalue weighted by Gasteiger charge is 2.19. The number of hydrogen-bond acceptors (Lipinski definition) is 5. The number of halogens is 1. The van der Waals surface area contributed by atoms with Crippen LogP contribution in [0.1, 0.15) is 18.4 Å². The summed E-state index contributed by atoms with van der Waals surface area (Å²) in [6.45, 7) is 2.03. The van der Waals surface area contributed by atoms with E-state index in [-0.39, 0.29) is 5.15 Å². The highest BCUT2D eigenvalue weighted by molar-refractivity contribution is 8.23. The van der Waals surface area contributed by atoms with Gasteiger partial charge < -0.3 is 4.90 Å². The van der Waals surface area contributed by atoms with Crippen molar-refractivity contribution < 1.29 is 0 Å². The van der Waals surface area contributed by atoms with Gasteiger partial charge in [0.05, 0.1) is 0 Å². The number of nitriles is 1. The van der Waals surface area contributed by atoms with Crippen LogP contribution in [0.5, 0.6) is 0 Å². The second-order valence-electron chi connectivity index (χ2n) is 3.31. The van der Waals surface area contributed by atoms with Crippen molar-refractivity contribution in [2.24, 2.45) is 0 Å². The molecule has 0 aromatic carbocycles. The van der Waals surface area contributed by atoms with Crippen molar-refractivity contribution in [1.29, 1.82) is 5.26 Å². The molecule has 1 aromatic heterocycles. The third-order valence-corrected chi connectivity index (χ3v) is 5.10. The molecule has 1 aliphatic rings. The van der Waals surface area contributed by atoms with E-state index in [1.165, 1.54) is 36.1 Å². The summed E-state index contributed by atoms with van der Waals surface area (Å²) >= 11 is 13.8. The van der Waals surface area contributed by atoms with Crippen LogP contribution in [0.3, 0.4) is 0 Å². The first kappa shape index (κ1) is 12.1. The number of thioether (sulfide) groups is 1. The van der Waals surface area contributed by atoms with Gasteiger partial charge in [-0.25, -0.2) is 0 Å². The fraction of sp³-hybridized carbons (Fsp3) is 0.444. The Morgan fingerprint density at radius 1 is 1.56 bits per heavy atom. The van der Waals surface area contributed by atoms with Gasteiger partial charge in [-0.05, 0) is 36.1 Å². The summed E-state index contributed by atoms with van der Waals surface area (Å²) in [7, 11) is 0. The number of nitrogens with zero attached hydrogens (tertiary/aromatic N) is 3. The van der Waals surface area contributed by atoms with Gasteiger partial charge in [-0.15, -0.1) is 0 Å². The monoisotopic (exact) mass is 289 g/mol. The topological polar surface area (TPSA) is 39.9 Å². The molecule has 1 aromatic rings. The minimum Gasteiger partial charge on any atom is -0.357 e. The Morgan fingerprint density at radius 3 is 2.88 bits per heavy atom. The molecule has 1 aliphatic heterocycles. The van der Waals surface area contributed by atoms with E-state index >= 15 is 0 Å². The summed E-state index contributed by atoms with van der Waals surface area (Å²) in [6, 6.07) is 2.06. The van der Waals surface area contributed by atoms with Gasteiger partial charge in [-0.1, -0.05) is 23.8 Å². The summed E-state index contributed by atoms with van der Waals surface area (Å²) in [5, 5.41) is 9.21. The van der Waals surface area contributed by atoms with E-state index in [0.29, 0.717) is 5.56 Å². The molecule has 0 unspecified atom stereocenters. The van der Waals surface area contributed by atoms with E-state index in [2.05, 4.69) is 15.3 Å². The normalized spacial score (nSPS) is 15.1. The van der Waals surface area contributed by atoms with Crippen LogP contribution in [-0.2, 0) is 0 Å². The predicted molar refractivity (Wildman–Crippen MR) is 71.1 cm³/mol. The largest absolute Gasteiger partial charge is 0.357 e. The van der Waals surface area contributed by atoms with Crippen LogP contribution in [0.4, 0.5) is 0 Å². The van der Waals surface area contributed by atoms with Crippen molar-refractivity contribution in [3.8, 4) is 6.07 Å². The second-order valence-corrected chi connectivity index (χ2v) is 6.34. The van der Waals surface area contributed by atoms with E-state index in [4.69, 9.17) is 29.1 Å². The van der Waals surface area contributed by atoms with Crippen molar-refractivity contribution in [3.63, 3.8) is 0 Å². The first-order chi connectivity index (χ1) is 7.72. The van der Waals surface area contributed by atoms with Gasteiger partial charge in [0.15, 0.2) is 5.15 Å². The van der Waals surface area contributed by atoms with Crippen LogP contribution < -0.4 is 0 Å². The number of likely N-dealkylation sites (tertiary alicyclic amines) is 1. The molecule has 0 saturated carbocycles. The SMILES string of the molecule is N#Cc1c(Cl)nsc1SC(=S)N1CCCC1. The first-order valence-corrected chi connectivity index (χ1v) is 7.12. The van der Waals surface area contributed by atoms with Gasteiger partial charge in [0.25, 0.3) is 0 Å². The van der Waals surface area contributed by atoms with E-state index in [0.717, 1.165) is 21.6 Å². The van der Waals surface area contributed by atoms with Crippen LogP contribution in [0.25, 0.3) is 0 Å². The molecule has 84 valence electrons. The molecule has 16 heavy (non-hydrogen) atoms. The molecular weight excluding hydrogens is 282 g/mol. The maximum atomic E-state index is 8.93. The molecule has 7 heteroatoms. The van der Waals surface area contributed by atoms with E-state index < -0.39 is 0 Å². The Bertz CT molecular complexity index is 445. The van der Waals surface area contributed by atoms with Crippen LogP contribution in [-0.4, -0.2) is 26.7 Å². The van der Waals surface area contributed by atoms with E-state index in [9.17, 15) is 0 Å². The summed E-state index contributed by atoms with van der Waals surface area (Å²) in [5.74, 6) is 0. The highest BCUT2D eigenvalue weighted by Crippen LogP contribution is 2.34. The van der Waals surface area contributed by atoms with Gasteiger partial charge >= 0.3 is 0 Å². The standard InChI is InChI=1S/C9H8ClN3S3/c10-7-6(5-11)8(16-12-7)15-9(14)13-3-1-2-4-13/h1-4H2. The first-order valence-electron chi connectivity index (χ1n) is 4.74. The molecule has 0 spiro atoms. The lowest BCUT2D eigenvalue weighted by Crippen LogP contribution is -2.22. The molecule has 0 N–H and O–H groups in total. The lowest BCUT2D eigenvalue weighted by atomic mass is 10.4. The van der Waals surface area contributed by atoms with E-state index in [1.807, 2.05) is 0 Å². The van der Waals surface area contributed by atoms with Gasteiger partial charge in [0.2, 0.25) is 0 Å². The summed E-state index contributed by atoms with van der Waals surface area (Å²) in [6.07, 6.45) is 2.38. The zero-order valence-electron chi connectivity index (χ0n) is 8.27. The van der Waals surface area contributed by atoms with Gasteiger partial charge in [-0.3, -0.25) is 0 Å². The number of aromatic nitrogens is 1. The Labute approximate surface area is 113 Å². The molecule has 3 nitrogen and oxygen atoms in total. The van der Waals surface area contributed by atoms with E-state index in [1.54, 1.807) is 0 Å². The molecule has 0 bridgehead atoms. The van der Waals surface area contributed by atoms with Crippen molar-refractivity contribution in [2.75, 3.05) is 13.1 Å². The molecule has 1 fully saturated rings. The van der Waals surface area contributed by atoms with Gasteiger partial charge in [-0.2, -0.15) is 9.64 Å². The lowest BCUT2D eigenvalue weighted by Gasteiger charge is -2.16. The maximum Gasteiger partial charge on any atom is 0.161 e. The number of thiocarbonyl (C=S) groups is 1. The van der Waals surface area contributed by atoms with Crippen LogP contribution in [0.2, 0.25) is 5.15 Å². The van der Waals surface area contributed by atoms with Crippen molar-refractivity contribution in [1.82, 2.24) is 9.27 Å². The predicted octanol–water partition coefficient (Wildman–Crippen LogP) is 3.14. The molecule has 2 heterocycles. The fourth-order valence-electron chi connectivity index (χ4n) is 1.46. The molecule has 1 saturated heterocycles. The minimum absolute atomic E-state index is 0.277. The van der Waals surface area contributed by atoms with Crippen LogP contribution in [0, 0.1) is 11.3 Å². The fourth-order valence-corrected chi connectivity index (χ4v) is 4.11. The second kappa shape index (κ2) is 5.32. The summed E-state index contributed by atoms with van der Waals surface area (Å²) < 4.78 is 5.56. The quantitative estimate of drug-likeness (QED) is 0.587. The van der Waals surface area contributed by atoms with Crippen molar-refractivity contribution in [3.05, 3.63) is 10.7 Å². The average Bonchev–Trinajstić information content (AvgIpc) is 2.88. The Balaban J connectivity index is 2.09. The molecule has 0 aliphatic carbocycles. The van der Waals surface area contributed by atoms with Gasteiger partial charge in [0.1, 0.15) is 20.2 Å². The highest BCUT2D eigenvalue weighted by atomic mass is 35.5. The van der Waals surface area contributed by atoms with Gasteiger partial charge in [0, 0.05) is 13.1 Å². The third kappa shape index (κ3) is 2.48. The zero-order valence-corrected chi connectivity index (χ0v) is 11.5. The zero-order chi connectivity index (χ0) is 11.5. The van der Waals surface area contributed by atoms with Crippen LogP contribution in [0.15, 0.2) is 4.21 Å². The molecule has 0 radical (unpaired) electrons. The lowest BCUT2D eigenvalue weighted by molar-refractivity contribution is 0.539. The number of hydrogen-bond donors (Lipinski definition) is 0. The van der Waals surface area contributed by atoms with Crippen LogP contribution >= 0.6 is 47.1 Å². The number of rotatable bonds is 1. The Hall–Kier alpha value is -0.350. The maximum absolute atomic E-state index is 8.93. The Morgan fingerprint density at radius 2 is 2.25 bits per heavy atom. The minimum atomic E-state index is 0.277. The molecular formula is C9H8ClN3S3.